The van der Waals surface area contributed by atoms with E-state index >= 15 is 0 Å². The van der Waals surface area contributed by atoms with Crippen LogP contribution in [0.3, 0.4) is 0 Å². The van der Waals surface area contributed by atoms with Gasteiger partial charge in [-0.3, -0.25) is 9.59 Å². The van der Waals surface area contributed by atoms with Gasteiger partial charge in [0.05, 0.1) is 0 Å². The minimum Gasteiger partial charge on any atom is -0.486 e. The van der Waals surface area contributed by atoms with Gasteiger partial charge in [0.15, 0.2) is 17.8 Å². The molecule has 0 aliphatic heterocycles. The van der Waals surface area contributed by atoms with Crippen molar-refractivity contribution in [2.45, 2.75) is 20.0 Å². The van der Waals surface area contributed by atoms with E-state index in [1.807, 2.05) is 6.92 Å². The van der Waals surface area contributed by atoms with Crippen molar-refractivity contribution in [1.29, 1.82) is 0 Å². The lowest BCUT2D eigenvalue weighted by molar-refractivity contribution is 0.0987. The van der Waals surface area contributed by atoms with E-state index in [1.54, 1.807) is 36.4 Å². The first-order valence-corrected chi connectivity index (χ1v) is 6.03. The van der Waals surface area contributed by atoms with E-state index in [4.69, 9.17) is 9.15 Å². The van der Waals surface area contributed by atoms with Crippen molar-refractivity contribution >= 4 is 12.1 Å². The quantitative estimate of drug-likeness (QED) is 0.589. The molecule has 0 N–H and O–H groups in total. The van der Waals surface area contributed by atoms with Crippen LogP contribution in [0.2, 0.25) is 0 Å². The van der Waals surface area contributed by atoms with Gasteiger partial charge in [0.25, 0.3) is 0 Å². The lowest BCUT2D eigenvalue weighted by Crippen LogP contribution is -1.97. The van der Waals surface area contributed by atoms with Gasteiger partial charge >= 0.3 is 0 Å². The zero-order valence-electron chi connectivity index (χ0n) is 10.6. The highest BCUT2D eigenvalue weighted by atomic mass is 16.5. The van der Waals surface area contributed by atoms with E-state index < -0.39 is 0 Å². The molecule has 0 saturated carbocycles. The highest BCUT2D eigenvalue weighted by molar-refractivity contribution is 5.95. The summed E-state index contributed by atoms with van der Waals surface area (Å²) in [6.45, 7) is 2.07. The molecule has 98 valence electrons. The molecule has 0 aliphatic rings. The Kier molecular flexibility index (Phi) is 4.13. The van der Waals surface area contributed by atoms with Crippen molar-refractivity contribution in [3.8, 4) is 5.75 Å². The number of rotatable bonds is 6. The van der Waals surface area contributed by atoms with Crippen LogP contribution in [0.1, 0.15) is 40.0 Å². The standard InChI is InChI=1S/C15H14O4/c1-2-15(17)11-3-5-12(6-4-11)18-10-14-8-7-13(9-16)19-14/h3-9H,2,10H2,1H3. The van der Waals surface area contributed by atoms with Crippen molar-refractivity contribution < 1.29 is 18.7 Å². The summed E-state index contributed by atoms with van der Waals surface area (Å²) in [7, 11) is 0. The minimum absolute atomic E-state index is 0.105. The van der Waals surface area contributed by atoms with Crippen molar-refractivity contribution in [2.24, 2.45) is 0 Å². The molecule has 2 rings (SSSR count). The predicted molar refractivity (Wildman–Crippen MR) is 69.5 cm³/mol. The van der Waals surface area contributed by atoms with Gasteiger partial charge in [-0.25, -0.2) is 0 Å². The van der Waals surface area contributed by atoms with Crippen LogP contribution in [0, 0.1) is 0 Å². The maximum Gasteiger partial charge on any atom is 0.185 e. The number of benzene rings is 1. The lowest BCUT2D eigenvalue weighted by Gasteiger charge is -2.05. The maximum absolute atomic E-state index is 11.5. The number of Topliss-reactive ketones (excluding diaryl/α,β-unsaturated/α-hetero) is 1. The number of hydrogen-bond acceptors (Lipinski definition) is 4. The van der Waals surface area contributed by atoms with Gasteiger partial charge in [-0.05, 0) is 36.4 Å². The van der Waals surface area contributed by atoms with Crippen molar-refractivity contribution in [1.82, 2.24) is 0 Å². The zero-order chi connectivity index (χ0) is 13.7. The number of ketones is 1. The zero-order valence-corrected chi connectivity index (χ0v) is 10.6. The first-order valence-electron chi connectivity index (χ1n) is 6.03. The average molecular weight is 258 g/mol. The summed E-state index contributed by atoms with van der Waals surface area (Å²) in [5, 5.41) is 0. The van der Waals surface area contributed by atoms with E-state index in [0.717, 1.165) is 0 Å². The monoisotopic (exact) mass is 258 g/mol. The fourth-order valence-electron chi connectivity index (χ4n) is 1.63. The molecule has 0 spiro atoms. The van der Waals surface area contributed by atoms with Crippen LogP contribution in [0.4, 0.5) is 0 Å². The van der Waals surface area contributed by atoms with Crippen LogP contribution in [-0.4, -0.2) is 12.1 Å². The van der Waals surface area contributed by atoms with E-state index in [2.05, 4.69) is 0 Å². The maximum atomic E-state index is 11.5. The van der Waals surface area contributed by atoms with Crippen LogP contribution in [0.15, 0.2) is 40.8 Å². The molecule has 0 bridgehead atoms. The molecule has 0 radical (unpaired) electrons. The molecule has 0 atom stereocenters. The summed E-state index contributed by atoms with van der Waals surface area (Å²) in [5.74, 6) is 1.61. The smallest absolute Gasteiger partial charge is 0.185 e. The van der Waals surface area contributed by atoms with Crippen molar-refractivity contribution in [2.75, 3.05) is 0 Å². The molecule has 0 saturated heterocycles. The average Bonchev–Trinajstić information content (AvgIpc) is 2.93. The first-order chi connectivity index (χ1) is 9.22. The highest BCUT2D eigenvalue weighted by Crippen LogP contribution is 2.16. The second-order valence-electron chi connectivity index (χ2n) is 4.01. The molecule has 0 aliphatic carbocycles. The number of carbonyl (C=O) groups is 2. The van der Waals surface area contributed by atoms with Gasteiger partial charge in [-0.2, -0.15) is 0 Å². The fraction of sp³-hybridized carbons (Fsp3) is 0.200. The van der Waals surface area contributed by atoms with Gasteiger partial charge in [0, 0.05) is 12.0 Å². The molecule has 4 heteroatoms. The third-order valence-electron chi connectivity index (χ3n) is 2.68. The van der Waals surface area contributed by atoms with Crippen LogP contribution in [0.25, 0.3) is 0 Å². The fourth-order valence-corrected chi connectivity index (χ4v) is 1.63. The SMILES string of the molecule is CCC(=O)c1ccc(OCc2ccc(C=O)o2)cc1. The Bertz CT molecular complexity index is 566. The lowest BCUT2D eigenvalue weighted by atomic mass is 10.1. The summed E-state index contributed by atoms with van der Waals surface area (Å²) < 4.78 is 10.7. The summed E-state index contributed by atoms with van der Waals surface area (Å²) in [5.41, 5.74) is 0.677. The normalized spacial score (nSPS) is 10.2. The molecular weight excluding hydrogens is 244 g/mol. The Labute approximate surface area is 111 Å². The minimum atomic E-state index is 0.105. The highest BCUT2D eigenvalue weighted by Gasteiger charge is 2.04. The Morgan fingerprint density at radius 3 is 2.53 bits per heavy atom. The molecule has 0 amide bonds. The predicted octanol–water partition coefficient (Wildman–Crippen LogP) is 3.26. The second kappa shape index (κ2) is 6.00. The molecule has 1 heterocycles. The van der Waals surface area contributed by atoms with E-state index in [1.165, 1.54) is 0 Å². The third kappa shape index (κ3) is 3.31. The number of ether oxygens (including phenoxy) is 1. The van der Waals surface area contributed by atoms with E-state index in [0.29, 0.717) is 29.8 Å². The summed E-state index contributed by atoms with van der Waals surface area (Å²) in [6, 6.07) is 10.2. The first kappa shape index (κ1) is 13.1. The van der Waals surface area contributed by atoms with E-state index in [-0.39, 0.29) is 18.2 Å². The van der Waals surface area contributed by atoms with Gasteiger partial charge in [0.1, 0.15) is 18.1 Å². The molecule has 1 aromatic carbocycles. The molecule has 19 heavy (non-hydrogen) atoms. The van der Waals surface area contributed by atoms with Gasteiger partial charge < -0.3 is 9.15 Å². The number of hydrogen-bond donors (Lipinski definition) is 0. The van der Waals surface area contributed by atoms with Crippen LogP contribution in [0.5, 0.6) is 5.75 Å². The Hall–Kier alpha value is -2.36. The summed E-state index contributed by atoms with van der Waals surface area (Å²) in [6.07, 6.45) is 1.13. The Balaban J connectivity index is 1.96. The van der Waals surface area contributed by atoms with Crippen molar-refractivity contribution in [3.63, 3.8) is 0 Å². The van der Waals surface area contributed by atoms with E-state index in [9.17, 15) is 9.59 Å². The third-order valence-corrected chi connectivity index (χ3v) is 2.68. The largest absolute Gasteiger partial charge is 0.486 e. The van der Waals surface area contributed by atoms with Gasteiger partial charge in [0.2, 0.25) is 0 Å². The molecule has 2 aromatic rings. The Morgan fingerprint density at radius 1 is 1.21 bits per heavy atom. The second-order valence-corrected chi connectivity index (χ2v) is 4.01. The molecule has 0 unspecified atom stereocenters. The molecular formula is C15H14O4. The van der Waals surface area contributed by atoms with Crippen LogP contribution < -0.4 is 4.74 Å². The summed E-state index contributed by atoms with van der Waals surface area (Å²) in [4.78, 5) is 21.9. The van der Waals surface area contributed by atoms with Gasteiger partial charge in [-0.15, -0.1) is 0 Å². The summed E-state index contributed by atoms with van der Waals surface area (Å²) >= 11 is 0. The molecule has 4 nitrogen and oxygen atoms in total. The molecule has 0 fully saturated rings. The topological polar surface area (TPSA) is 56.5 Å². The molecule has 1 aromatic heterocycles. The number of carbonyl (C=O) groups excluding carboxylic acids is 2. The van der Waals surface area contributed by atoms with Crippen LogP contribution in [-0.2, 0) is 6.61 Å². The number of furan rings is 1. The van der Waals surface area contributed by atoms with Gasteiger partial charge in [-0.1, -0.05) is 6.92 Å². The Morgan fingerprint density at radius 2 is 1.95 bits per heavy atom. The number of aldehydes is 1. The van der Waals surface area contributed by atoms with Crippen molar-refractivity contribution in [3.05, 3.63) is 53.5 Å². The van der Waals surface area contributed by atoms with Crippen LogP contribution >= 0.6 is 0 Å².